The quantitative estimate of drug-likeness (QED) is 0.334. The van der Waals surface area contributed by atoms with E-state index in [1.807, 2.05) is 43.3 Å². The Bertz CT molecular complexity index is 1820. The molecule has 5 rings (SSSR count). The monoisotopic (exact) mass is 598 g/mol. The first kappa shape index (κ1) is 29.9. The second-order valence-corrected chi connectivity index (χ2v) is 12.8. The van der Waals surface area contributed by atoms with Crippen molar-refractivity contribution in [1.82, 2.24) is 10.6 Å². The van der Waals surface area contributed by atoms with Gasteiger partial charge in [0.25, 0.3) is 11.8 Å². The molecule has 3 amide bonds. The predicted molar refractivity (Wildman–Crippen MR) is 168 cm³/mol. The molecule has 1 aliphatic rings. The molecule has 0 spiro atoms. The zero-order chi connectivity index (χ0) is 30.9. The SMILES string of the molecule is CNC(C)C(=O)NC1CN(C(=O)c2ccc(S(C)(=O)=O)cc2)c2ccccc2N(Cc2c(C)ccc3ccccc23)C1=O. The highest BCUT2D eigenvalue weighted by Crippen LogP contribution is 2.36. The molecular formula is C33H34N4O5S. The van der Waals surface area contributed by atoms with Crippen molar-refractivity contribution >= 4 is 49.7 Å². The molecule has 0 bridgehead atoms. The van der Waals surface area contributed by atoms with Gasteiger partial charge >= 0.3 is 0 Å². The van der Waals surface area contributed by atoms with Crippen molar-refractivity contribution in [3.8, 4) is 0 Å². The summed E-state index contributed by atoms with van der Waals surface area (Å²) in [5.74, 6) is -1.15. The largest absolute Gasteiger partial charge is 0.341 e. The van der Waals surface area contributed by atoms with E-state index >= 15 is 0 Å². The van der Waals surface area contributed by atoms with Crippen molar-refractivity contribution in [2.24, 2.45) is 0 Å². The molecule has 4 aromatic rings. The summed E-state index contributed by atoms with van der Waals surface area (Å²) in [6, 6.07) is 23.3. The number of carbonyl (C=O) groups is 3. The summed E-state index contributed by atoms with van der Waals surface area (Å²) in [6.07, 6.45) is 1.10. The van der Waals surface area contributed by atoms with E-state index in [0.717, 1.165) is 28.2 Å². The lowest BCUT2D eigenvalue weighted by molar-refractivity contribution is -0.128. The van der Waals surface area contributed by atoms with Gasteiger partial charge in [0, 0.05) is 11.8 Å². The Morgan fingerprint density at radius 3 is 2.26 bits per heavy atom. The van der Waals surface area contributed by atoms with Crippen molar-refractivity contribution in [1.29, 1.82) is 0 Å². The molecule has 2 unspecified atom stereocenters. The van der Waals surface area contributed by atoms with Crippen molar-refractivity contribution in [2.75, 3.05) is 29.6 Å². The maximum absolute atomic E-state index is 14.4. The molecule has 0 aliphatic carbocycles. The fourth-order valence-electron chi connectivity index (χ4n) is 5.29. The normalized spacial score (nSPS) is 16.0. The summed E-state index contributed by atoms with van der Waals surface area (Å²) >= 11 is 0. The molecule has 2 N–H and O–H groups in total. The van der Waals surface area contributed by atoms with Crippen LogP contribution in [0.4, 0.5) is 11.4 Å². The molecule has 0 saturated carbocycles. The Balaban J connectivity index is 1.62. The fraction of sp³-hybridized carbons (Fsp3) is 0.242. The van der Waals surface area contributed by atoms with Crippen LogP contribution >= 0.6 is 0 Å². The number of fused-ring (bicyclic) bond motifs is 2. The van der Waals surface area contributed by atoms with Gasteiger partial charge in [0.2, 0.25) is 5.91 Å². The summed E-state index contributed by atoms with van der Waals surface area (Å²) < 4.78 is 24.0. The summed E-state index contributed by atoms with van der Waals surface area (Å²) in [5, 5.41) is 7.81. The van der Waals surface area contributed by atoms with Crippen LogP contribution in [0.3, 0.4) is 0 Å². The second-order valence-electron chi connectivity index (χ2n) is 10.8. The van der Waals surface area contributed by atoms with Crippen LogP contribution < -0.4 is 20.4 Å². The maximum atomic E-state index is 14.4. The number of carbonyl (C=O) groups excluding carboxylic acids is 3. The van der Waals surface area contributed by atoms with Gasteiger partial charge in [-0.25, -0.2) is 8.42 Å². The minimum absolute atomic E-state index is 0.0957. The van der Waals surface area contributed by atoms with Gasteiger partial charge in [0.1, 0.15) is 6.04 Å². The molecule has 0 fully saturated rings. The van der Waals surface area contributed by atoms with Crippen LogP contribution in [0.15, 0.2) is 89.8 Å². The third-order valence-corrected chi connectivity index (χ3v) is 9.03. The molecule has 222 valence electrons. The van der Waals surface area contributed by atoms with Crippen LogP contribution in [-0.2, 0) is 26.0 Å². The lowest BCUT2D eigenvalue weighted by Crippen LogP contribution is -2.55. The molecule has 0 saturated heterocycles. The fourth-order valence-corrected chi connectivity index (χ4v) is 5.92. The topological polar surface area (TPSA) is 116 Å². The van der Waals surface area contributed by atoms with Gasteiger partial charge in [-0.3, -0.25) is 14.4 Å². The van der Waals surface area contributed by atoms with Gasteiger partial charge in [-0.2, -0.15) is 0 Å². The van der Waals surface area contributed by atoms with Crippen molar-refractivity contribution in [3.05, 3.63) is 102 Å². The first-order valence-electron chi connectivity index (χ1n) is 14.0. The molecule has 4 aromatic carbocycles. The number of hydrogen-bond acceptors (Lipinski definition) is 6. The Hall–Kier alpha value is -4.54. The second kappa shape index (κ2) is 12.0. The Morgan fingerprint density at radius 1 is 0.930 bits per heavy atom. The number of rotatable bonds is 7. The number of sulfone groups is 1. The average molecular weight is 599 g/mol. The van der Waals surface area contributed by atoms with E-state index in [1.54, 1.807) is 43.1 Å². The number of nitrogens with one attached hydrogen (secondary N) is 2. The van der Waals surface area contributed by atoms with E-state index in [4.69, 9.17) is 0 Å². The highest BCUT2D eigenvalue weighted by Gasteiger charge is 2.38. The Morgan fingerprint density at radius 2 is 1.58 bits per heavy atom. The molecule has 0 aromatic heterocycles. The Kier molecular flexibility index (Phi) is 8.34. The molecule has 0 radical (unpaired) electrons. The van der Waals surface area contributed by atoms with E-state index in [-0.39, 0.29) is 35.4 Å². The van der Waals surface area contributed by atoms with Crippen molar-refractivity contribution < 1.29 is 22.8 Å². The maximum Gasteiger partial charge on any atom is 0.258 e. The summed E-state index contributed by atoms with van der Waals surface area (Å²) in [6.45, 7) is 3.80. The summed E-state index contributed by atoms with van der Waals surface area (Å²) in [7, 11) is -1.80. The van der Waals surface area contributed by atoms with E-state index < -0.39 is 27.8 Å². The predicted octanol–water partition coefficient (Wildman–Crippen LogP) is 3.84. The van der Waals surface area contributed by atoms with Gasteiger partial charge in [-0.05, 0) is 79.2 Å². The highest BCUT2D eigenvalue weighted by atomic mass is 32.2. The number of amides is 3. The smallest absolute Gasteiger partial charge is 0.258 e. The minimum atomic E-state index is -3.45. The van der Waals surface area contributed by atoms with E-state index in [9.17, 15) is 22.8 Å². The number of hydrogen-bond donors (Lipinski definition) is 2. The summed E-state index contributed by atoms with van der Waals surface area (Å²) in [4.78, 5) is 44.6. The molecule has 1 heterocycles. The van der Waals surface area contributed by atoms with Crippen LogP contribution in [-0.4, -0.2) is 58.1 Å². The lowest BCUT2D eigenvalue weighted by Gasteiger charge is -2.27. The number of benzene rings is 4. The third-order valence-electron chi connectivity index (χ3n) is 7.90. The number of nitrogens with zero attached hydrogens (tertiary/aromatic N) is 2. The van der Waals surface area contributed by atoms with Gasteiger partial charge < -0.3 is 20.4 Å². The minimum Gasteiger partial charge on any atom is -0.341 e. The van der Waals surface area contributed by atoms with E-state index in [1.165, 1.54) is 29.2 Å². The van der Waals surface area contributed by atoms with Gasteiger partial charge in [-0.15, -0.1) is 0 Å². The van der Waals surface area contributed by atoms with Crippen LogP contribution in [0.1, 0.15) is 28.4 Å². The first-order valence-corrected chi connectivity index (χ1v) is 15.9. The number of aryl methyl sites for hydroxylation is 1. The standard InChI is InChI=1S/C33H34N4O5S/c1-21-13-14-23-9-5-6-10-26(23)27(21)19-36-29-11-7-8-12-30(29)37(20-28(33(36)40)35-31(38)22(2)34-3)32(39)24-15-17-25(18-16-24)43(4,41)42/h5-18,22,28,34H,19-20H2,1-4H3,(H,35,38). The van der Waals surface area contributed by atoms with E-state index in [2.05, 4.69) is 10.6 Å². The molecule has 43 heavy (non-hydrogen) atoms. The molecule has 1 aliphatic heterocycles. The van der Waals surface area contributed by atoms with Gasteiger partial charge in [0.15, 0.2) is 9.84 Å². The van der Waals surface area contributed by atoms with Crippen LogP contribution in [0, 0.1) is 6.92 Å². The van der Waals surface area contributed by atoms with Crippen LogP contribution in [0.25, 0.3) is 10.8 Å². The number of anilines is 2. The molecule has 9 nitrogen and oxygen atoms in total. The molecule has 10 heteroatoms. The first-order chi connectivity index (χ1) is 20.5. The number of likely N-dealkylation sites (N-methyl/N-ethyl adjacent to an activating group) is 1. The zero-order valence-corrected chi connectivity index (χ0v) is 25.3. The van der Waals surface area contributed by atoms with Crippen molar-refractivity contribution in [2.45, 2.75) is 37.4 Å². The van der Waals surface area contributed by atoms with Gasteiger partial charge in [-0.1, -0.05) is 48.5 Å². The van der Waals surface area contributed by atoms with Gasteiger partial charge in [0.05, 0.1) is 35.4 Å². The summed E-state index contributed by atoms with van der Waals surface area (Å²) in [5.41, 5.74) is 3.26. The highest BCUT2D eigenvalue weighted by molar-refractivity contribution is 7.90. The van der Waals surface area contributed by atoms with Crippen LogP contribution in [0.2, 0.25) is 0 Å². The molecule has 2 atom stereocenters. The molecular weight excluding hydrogens is 564 g/mol. The lowest BCUT2D eigenvalue weighted by atomic mass is 9.99. The third kappa shape index (κ3) is 6.02. The van der Waals surface area contributed by atoms with Crippen molar-refractivity contribution in [3.63, 3.8) is 0 Å². The number of para-hydroxylation sites is 2. The average Bonchev–Trinajstić information content (AvgIpc) is 3.11. The Labute approximate surface area is 251 Å². The van der Waals surface area contributed by atoms with Crippen LogP contribution in [0.5, 0.6) is 0 Å². The zero-order valence-electron chi connectivity index (χ0n) is 24.5. The van der Waals surface area contributed by atoms with E-state index in [0.29, 0.717) is 11.4 Å².